The number of nitrogens with two attached hydrogens (primary N) is 1. The van der Waals surface area contributed by atoms with Crippen molar-refractivity contribution in [1.29, 1.82) is 0 Å². The van der Waals surface area contributed by atoms with Crippen molar-refractivity contribution in [2.75, 3.05) is 0 Å². The number of halogens is 2. The summed E-state index contributed by atoms with van der Waals surface area (Å²) in [5.74, 6) is 3.84. The summed E-state index contributed by atoms with van der Waals surface area (Å²) in [4.78, 5) is 0. The van der Waals surface area contributed by atoms with E-state index in [-0.39, 0.29) is 0 Å². The molecular formula is C13H10F2N2. The lowest BCUT2D eigenvalue weighted by atomic mass is 10.0. The molecule has 0 aromatic heterocycles. The largest absolute Gasteiger partial charge is 0.323 e. The molecule has 0 saturated heterocycles. The number of hydrazone groups is 1. The first kappa shape index (κ1) is 11.3. The van der Waals surface area contributed by atoms with Gasteiger partial charge < -0.3 is 5.84 Å². The second-order valence-corrected chi connectivity index (χ2v) is 3.56. The van der Waals surface area contributed by atoms with Gasteiger partial charge in [0, 0.05) is 6.07 Å². The van der Waals surface area contributed by atoms with E-state index in [1.54, 1.807) is 24.3 Å². The second kappa shape index (κ2) is 4.74. The SMILES string of the molecule is NN=Cc1ccc(-c2cc(F)cc(F)c2)cc1. The first-order chi connectivity index (χ1) is 8.19. The third kappa shape index (κ3) is 2.66. The molecule has 0 radical (unpaired) electrons. The molecule has 4 heteroatoms. The Morgan fingerprint density at radius 1 is 0.882 bits per heavy atom. The van der Waals surface area contributed by atoms with E-state index in [2.05, 4.69) is 5.10 Å². The Morgan fingerprint density at radius 2 is 1.47 bits per heavy atom. The predicted molar refractivity (Wildman–Crippen MR) is 63.6 cm³/mol. The molecule has 0 atom stereocenters. The molecule has 2 rings (SSSR count). The van der Waals surface area contributed by atoms with E-state index in [1.165, 1.54) is 18.3 Å². The molecule has 2 N–H and O–H groups in total. The van der Waals surface area contributed by atoms with Crippen LogP contribution in [-0.4, -0.2) is 6.21 Å². The normalized spacial score (nSPS) is 10.9. The van der Waals surface area contributed by atoms with Crippen molar-refractivity contribution >= 4 is 6.21 Å². The minimum atomic E-state index is -0.590. The van der Waals surface area contributed by atoms with Gasteiger partial charge in [-0.25, -0.2) is 8.78 Å². The highest BCUT2D eigenvalue weighted by molar-refractivity contribution is 5.80. The molecule has 0 saturated carbocycles. The van der Waals surface area contributed by atoms with E-state index in [4.69, 9.17) is 5.84 Å². The Labute approximate surface area is 97.4 Å². The van der Waals surface area contributed by atoms with E-state index < -0.39 is 11.6 Å². The number of benzene rings is 2. The fraction of sp³-hybridized carbons (Fsp3) is 0. The highest BCUT2D eigenvalue weighted by Gasteiger charge is 2.02. The Bertz CT molecular complexity index is 528. The third-order valence-electron chi connectivity index (χ3n) is 2.33. The van der Waals surface area contributed by atoms with Crippen LogP contribution in [0.25, 0.3) is 11.1 Å². The lowest BCUT2D eigenvalue weighted by molar-refractivity contribution is 0.584. The molecule has 0 unspecified atom stereocenters. The lowest BCUT2D eigenvalue weighted by Gasteiger charge is -2.03. The molecule has 0 amide bonds. The van der Waals surface area contributed by atoms with Gasteiger partial charge in [0.1, 0.15) is 11.6 Å². The fourth-order valence-electron chi connectivity index (χ4n) is 1.57. The lowest BCUT2D eigenvalue weighted by Crippen LogP contribution is -1.87. The summed E-state index contributed by atoms with van der Waals surface area (Å²) in [6, 6.07) is 10.5. The van der Waals surface area contributed by atoms with E-state index >= 15 is 0 Å². The van der Waals surface area contributed by atoms with Crippen LogP contribution in [0, 0.1) is 11.6 Å². The Balaban J connectivity index is 2.39. The van der Waals surface area contributed by atoms with Crippen molar-refractivity contribution < 1.29 is 8.78 Å². The Kier molecular flexibility index (Phi) is 3.14. The maximum Gasteiger partial charge on any atom is 0.126 e. The van der Waals surface area contributed by atoms with Crippen LogP contribution < -0.4 is 5.84 Å². The zero-order chi connectivity index (χ0) is 12.3. The van der Waals surface area contributed by atoms with Gasteiger partial charge in [-0.15, -0.1) is 0 Å². The summed E-state index contributed by atoms with van der Waals surface area (Å²) in [5.41, 5.74) is 2.06. The van der Waals surface area contributed by atoms with Gasteiger partial charge in [-0.2, -0.15) is 5.10 Å². The first-order valence-corrected chi connectivity index (χ1v) is 4.99. The zero-order valence-corrected chi connectivity index (χ0v) is 8.90. The fourth-order valence-corrected chi connectivity index (χ4v) is 1.57. The van der Waals surface area contributed by atoms with Gasteiger partial charge in [-0.1, -0.05) is 24.3 Å². The molecule has 17 heavy (non-hydrogen) atoms. The second-order valence-electron chi connectivity index (χ2n) is 3.56. The molecular weight excluding hydrogens is 222 g/mol. The molecule has 0 bridgehead atoms. The van der Waals surface area contributed by atoms with E-state index in [9.17, 15) is 8.78 Å². The molecule has 0 aliphatic rings. The average Bonchev–Trinajstić information content (AvgIpc) is 2.29. The summed E-state index contributed by atoms with van der Waals surface area (Å²) >= 11 is 0. The number of hydrogen-bond acceptors (Lipinski definition) is 2. The molecule has 0 fully saturated rings. The van der Waals surface area contributed by atoms with E-state index in [1.807, 2.05) is 0 Å². The third-order valence-corrected chi connectivity index (χ3v) is 2.33. The monoisotopic (exact) mass is 232 g/mol. The molecule has 0 spiro atoms. The maximum absolute atomic E-state index is 13.0. The number of rotatable bonds is 2. The van der Waals surface area contributed by atoms with Crippen molar-refractivity contribution in [3.05, 3.63) is 59.7 Å². The van der Waals surface area contributed by atoms with Crippen molar-refractivity contribution in [3.63, 3.8) is 0 Å². The Morgan fingerprint density at radius 3 is 2.00 bits per heavy atom. The maximum atomic E-state index is 13.0. The van der Waals surface area contributed by atoms with Gasteiger partial charge in [0.05, 0.1) is 6.21 Å². The standard InChI is InChI=1S/C13H10F2N2/c14-12-5-11(6-13(15)7-12)10-3-1-9(2-4-10)8-17-16/h1-8H,16H2. The summed E-state index contributed by atoms with van der Waals surface area (Å²) in [6.45, 7) is 0. The molecule has 0 aliphatic heterocycles. The topological polar surface area (TPSA) is 38.4 Å². The number of nitrogens with zero attached hydrogens (tertiary/aromatic N) is 1. The predicted octanol–water partition coefficient (Wildman–Crippen LogP) is 2.92. The van der Waals surface area contributed by atoms with Gasteiger partial charge >= 0.3 is 0 Å². The van der Waals surface area contributed by atoms with Crippen LogP contribution in [0.3, 0.4) is 0 Å². The van der Waals surface area contributed by atoms with Crippen LogP contribution in [0.2, 0.25) is 0 Å². The van der Waals surface area contributed by atoms with Crippen LogP contribution in [0.4, 0.5) is 8.78 Å². The van der Waals surface area contributed by atoms with Gasteiger partial charge in [0.25, 0.3) is 0 Å². The van der Waals surface area contributed by atoms with Crippen LogP contribution in [-0.2, 0) is 0 Å². The van der Waals surface area contributed by atoms with Gasteiger partial charge in [0.15, 0.2) is 0 Å². The minimum Gasteiger partial charge on any atom is -0.323 e. The summed E-state index contributed by atoms with van der Waals surface area (Å²) in [5, 5.41) is 3.39. The van der Waals surface area contributed by atoms with Crippen molar-refractivity contribution in [2.24, 2.45) is 10.9 Å². The van der Waals surface area contributed by atoms with Crippen molar-refractivity contribution in [1.82, 2.24) is 0 Å². The summed E-state index contributed by atoms with van der Waals surface area (Å²) in [6.07, 6.45) is 1.50. The Hall–Kier alpha value is -2.23. The van der Waals surface area contributed by atoms with Crippen LogP contribution in [0.5, 0.6) is 0 Å². The van der Waals surface area contributed by atoms with E-state index in [0.29, 0.717) is 5.56 Å². The average molecular weight is 232 g/mol. The van der Waals surface area contributed by atoms with Gasteiger partial charge in [0.2, 0.25) is 0 Å². The van der Waals surface area contributed by atoms with Gasteiger partial charge in [-0.05, 0) is 28.8 Å². The first-order valence-electron chi connectivity index (χ1n) is 4.99. The van der Waals surface area contributed by atoms with Crippen molar-refractivity contribution in [2.45, 2.75) is 0 Å². The van der Waals surface area contributed by atoms with Crippen LogP contribution in [0.1, 0.15) is 5.56 Å². The molecule has 2 aromatic carbocycles. The zero-order valence-electron chi connectivity index (χ0n) is 8.90. The molecule has 2 aromatic rings. The van der Waals surface area contributed by atoms with Crippen LogP contribution in [0.15, 0.2) is 47.6 Å². The summed E-state index contributed by atoms with van der Waals surface area (Å²) < 4.78 is 26.1. The highest BCUT2D eigenvalue weighted by Crippen LogP contribution is 2.21. The highest BCUT2D eigenvalue weighted by atomic mass is 19.1. The summed E-state index contributed by atoms with van der Waals surface area (Å²) in [7, 11) is 0. The van der Waals surface area contributed by atoms with Crippen molar-refractivity contribution in [3.8, 4) is 11.1 Å². The van der Waals surface area contributed by atoms with Gasteiger partial charge in [-0.3, -0.25) is 0 Å². The molecule has 2 nitrogen and oxygen atoms in total. The minimum absolute atomic E-state index is 0.499. The number of hydrogen-bond donors (Lipinski definition) is 1. The quantitative estimate of drug-likeness (QED) is 0.482. The molecule has 0 heterocycles. The van der Waals surface area contributed by atoms with Crippen LogP contribution >= 0.6 is 0 Å². The van der Waals surface area contributed by atoms with E-state index in [0.717, 1.165) is 17.2 Å². The molecule has 86 valence electrons. The smallest absolute Gasteiger partial charge is 0.126 e. The molecule has 0 aliphatic carbocycles.